The third-order valence-electron chi connectivity index (χ3n) is 5.27. The lowest BCUT2D eigenvalue weighted by Crippen LogP contribution is -2.23. The number of anilines is 1. The molecule has 1 heterocycles. The van der Waals surface area contributed by atoms with Gasteiger partial charge in [0, 0.05) is 11.3 Å². The predicted octanol–water partition coefficient (Wildman–Crippen LogP) is 5.40. The first-order chi connectivity index (χ1) is 14.9. The van der Waals surface area contributed by atoms with Gasteiger partial charge in [-0.2, -0.15) is 0 Å². The Bertz CT molecular complexity index is 1320. The maximum absolute atomic E-state index is 13.2. The van der Waals surface area contributed by atoms with Gasteiger partial charge in [0.05, 0.1) is 5.39 Å². The molecule has 1 N–H and O–H groups in total. The van der Waals surface area contributed by atoms with Crippen molar-refractivity contribution in [2.45, 2.75) is 20.8 Å². The van der Waals surface area contributed by atoms with Crippen molar-refractivity contribution in [3.63, 3.8) is 0 Å². The summed E-state index contributed by atoms with van der Waals surface area (Å²) in [4.78, 5) is 25.7. The van der Waals surface area contributed by atoms with Gasteiger partial charge in [0.25, 0.3) is 5.91 Å². The van der Waals surface area contributed by atoms with E-state index in [0.29, 0.717) is 22.3 Å². The third kappa shape index (κ3) is 4.21. The van der Waals surface area contributed by atoms with E-state index in [4.69, 9.17) is 9.15 Å². The summed E-state index contributed by atoms with van der Waals surface area (Å²) >= 11 is 0. The highest BCUT2D eigenvalue weighted by Crippen LogP contribution is 2.31. The van der Waals surface area contributed by atoms with Crippen molar-refractivity contribution in [3.8, 4) is 17.1 Å². The first-order valence-corrected chi connectivity index (χ1v) is 10.1. The van der Waals surface area contributed by atoms with Crippen LogP contribution in [0.5, 0.6) is 5.75 Å². The Hall–Kier alpha value is -3.86. The first-order valence-electron chi connectivity index (χ1n) is 10.1. The highest BCUT2D eigenvalue weighted by atomic mass is 16.5. The minimum absolute atomic E-state index is 0.0265. The van der Waals surface area contributed by atoms with Gasteiger partial charge in [-0.05, 0) is 55.7 Å². The number of nitrogens with one attached hydrogen (secondary N) is 1. The van der Waals surface area contributed by atoms with Crippen LogP contribution >= 0.6 is 0 Å². The molecule has 0 aliphatic heterocycles. The van der Waals surface area contributed by atoms with Gasteiger partial charge in [-0.15, -0.1) is 0 Å². The van der Waals surface area contributed by atoms with E-state index in [1.54, 1.807) is 6.07 Å². The average Bonchev–Trinajstić information content (AvgIpc) is 2.76. The predicted molar refractivity (Wildman–Crippen MR) is 123 cm³/mol. The van der Waals surface area contributed by atoms with Crippen LogP contribution in [0.25, 0.3) is 22.3 Å². The quantitative estimate of drug-likeness (QED) is 0.475. The number of hydrogen-bond donors (Lipinski definition) is 1. The molecule has 5 nitrogen and oxygen atoms in total. The maximum atomic E-state index is 13.2. The van der Waals surface area contributed by atoms with E-state index in [1.165, 1.54) is 0 Å². The molecule has 0 unspecified atom stereocenters. The zero-order valence-corrected chi connectivity index (χ0v) is 17.7. The first kappa shape index (κ1) is 20.4. The van der Waals surface area contributed by atoms with Crippen LogP contribution in [-0.4, -0.2) is 12.5 Å². The molecule has 0 radical (unpaired) electrons. The molecule has 0 fully saturated rings. The minimum Gasteiger partial charge on any atom is -0.476 e. The van der Waals surface area contributed by atoms with Crippen LogP contribution < -0.4 is 15.5 Å². The molecule has 4 rings (SSSR count). The summed E-state index contributed by atoms with van der Waals surface area (Å²) in [7, 11) is 0. The van der Waals surface area contributed by atoms with Crippen molar-refractivity contribution >= 4 is 22.6 Å². The Morgan fingerprint density at radius 1 is 0.968 bits per heavy atom. The standard InChI is InChI=1S/C26H23NO4/c1-16-12-13-20-22(14-16)31-25(19-9-5-4-6-10-19)26(24(20)29)30-15-23(28)27-21-11-7-8-17(2)18(21)3/h4-14H,15H2,1-3H3,(H,27,28). The molecule has 156 valence electrons. The van der Waals surface area contributed by atoms with Gasteiger partial charge in [-0.3, -0.25) is 9.59 Å². The molecule has 3 aromatic carbocycles. The Kier molecular flexibility index (Phi) is 5.58. The lowest BCUT2D eigenvalue weighted by atomic mass is 10.1. The van der Waals surface area contributed by atoms with Gasteiger partial charge in [0.15, 0.2) is 12.4 Å². The second-order valence-electron chi connectivity index (χ2n) is 7.54. The van der Waals surface area contributed by atoms with Crippen LogP contribution in [0.4, 0.5) is 5.69 Å². The van der Waals surface area contributed by atoms with Crippen molar-refractivity contribution in [1.29, 1.82) is 0 Å². The molecule has 0 saturated heterocycles. The summed E-state index contributed by atoms with van der Waals surface area (Å²) in [5.41, 5.74) is 4.65. The second kappa shape index (κ2) is 8.48. The van der Waals surface area contributed by atoms with Crippen LogP contribution in [0.15, 0.2) is 75.9 Å². The highest BCUT2D eigenvalue weighted by Gasteiger charge is 2.19. The summed E-state index contributed by atoms with van der Waals surface area (Å²) in [5, 5.41) is 3.26. The van der Waals surface area contributed by atoms with Crippen molar-refractivity contribution in [1.82, 2.24) is 0 Å². The summed E-state index contributed by atoms with van der Waals surface area (Å²) in [6.07, 6.45) is 0. The SMILES string of the molecule is Cc1ccc2c(=O)c(OCC(=O)Nc3cccc(C)c3C)c(-c3ccccc3)oc2c1. The van der Waals surface area contributed by atoms with Gasteiger partial charge < -0.3 is 14.5 Å². The summed E-state index contributed by atoms with van der Waals surface area (Å²) in [6, 6.07) is 20.3. The van der Waals surface area contributed by atoms with E-state index in [-0.39, 0.29) is 23.7 Å². The fourth-order valence-corrected chi connectivity index (χ4v) is 3.40. The molecular formula is C26H23NO4. The van der Waals surface area contributed by atoms with Gasteiger partial charge in [0.2, 0.25) is 11.2 Å². The van der Waals surface area contributed by atoms with E-state index >= 15 is 0 Å². The number of carbonyl (C=O) groups is 1. The van der Waals surface area contributed by atoms with E-state index in [0.717, 1.165) is 22.4 Å². The monoisotopic (exact) mass is 413 g/mol. The van der Waals surface area contributed by atoms with Crippen LogP contribution in [0.1, 0.15) is 16.7 Å². The fraction of sp³-hybridized carbons (Fsp3) is 0.154. The molecule has 0 atom stereocenters. The Morgan fingerprint density at radius 2 is 1.74 bits per heavy atom. The number of hydrogen-bond acceptors (Lipinski definition) is 4. The van der Waals surface area contributed by atoms with E-state index < -0.39 is 0 Å². The van der Waals surface area contributed by atoms with Gasteiger partial charge in [-0.1, -0.05) is 48.5 Å². The van der Waals surface area contributed by atoms with Crippen molar-refractivity contribution in [2.24, 2.45) is 0 Å². The number of rotatable bonds is 5. The van der Waals surface area contributed by atoms with Crippen molar-refractivity contribution in [2.75, 3.05) is 11.9 Å². The molecule has 5 heteroatoms. The zero-order valence-electron chi connectivity index (χ0n) is 17.7. The molecule has 0 spiro atoms. The number of aryl methyl sites for hydroxylation is 2. The topological polar surface area (TPSA) is 68.5 Å². The van der Waals surface area contributed by atoms with E-state index in [9.17, 15) is 9.59 Å². The summed E-state index contributed by atoms with van der Waals surface area (Å²) in [6.45, 7) is 5.55. The largest absolute Gasteiger partial charge is 0.476 e. The summed E-state index contributed by atoms with van der Waals surface area (Å²) in [5.74, 6) is -0.0157. The molecular weight excluding hydrogens is 390 g/mol. The van der Waals surface area contributed by atoms with Gasteiger partial charge in [0.1, 0.15) is 5.58 Å². The third-order valence-corrected chi connectivity index (χ3v) is 5.27. The lowest BCUT2D eigenvalue weighted by Gasteiger charge is -2.13. The molecule has 1 aromatic heterocycles. The van der Waals surface area contributed by atoms with Gasteiger partial charge >= 0.3 is 0 Å². The Balaban J connectivity index is 1.68. The average molecular weight is 413 g/mol. The minimum atomic E-state index is -0.351. The second-order valence-corrected chi connectivity index (χ2v) is 7.54. The molecule has 1 amide bonds. The molecule has 0 aliphatic rings. The molecule has 4 aromatic rings. The van der Waals surface area contributed by atoms with Crippen LogP contribution in [0.2, 0.25) is 0 Å². The maximum Gasteiger partial charge on any atom is 0.262 e. The smallest absolute Gasteiger partial charge is 0.262 e. The lowest BCUT2D eigenvalue weighted by molar-refractivity contribution is -0.118. The van der Waals surface area contributed by atoms with Crippen LogP contribution in [0, 0.1) is 20.8 Å². The number of ether oxygens (including phenoxy) is 1. The molecule has 0 saturated carbocycles. The Labute approximate surface area is 180 Å². The van der Waals surface area contributed by atoms with Gasteiger partial charge in [-0.25, -0.2) is 0 Å². The fourth-order valence-electron chi connectivity index (χ4n) is 3.40. The number of fused-ring (bicyclic) bond motifs is 1. The number of benzene rings is 3. The summed E-state index contributed by atoms with van der Waals surface area (Å²) < 4.78 is 11.8. The molecule has 0 aliphatic carbocycles. The normalized spacial score (nSPS) is 10.8. The number of amides is 1. The van der Waals surface area contributed by atoms with E-state index in [2.05, 4.69) is 5.32 Å². The van der Waals surface area contributed by atoms with Crippen molar-refractivity contribution in [3.05, 3.63) is 93.6 Å². The highest BCUT2D eigenvalue weighted by molar-refractivity contribution is 5.93. The van der Waals surface area contributed by atoms with Crippen molar-refractivity contribution < 1.29 is 13.9 Å². The number of carbonyl (C=O) groups excluding carboxylic acids is 1. The zero-order chi connectivity index (χ0) is 22.0. The molecule has 31 heavy (non-hydrogen) atoms. The van der Waals surface area contributed by atoms with Crippen LogP contribution in [0.3, 0.4) is 0 Å². The molecule has 0 bridgehead atoms. The van der Waals surface area contributed by atoms with Crippen LogP contribution in [-0.2, 0) is 4.79 Å². The van der Waals surface area contributed by atoms with E-state index in [1.807, 2.05) is 81.4 Å². The Morgan fingerprint density at radius 3 is 2.52 bits per heavy atom.